The number of aryl methyl sites for hydroxylation is 1. The Morgan fingerprint density at radius 2 is 2.03 bits per heavy atom. The minimum absolute atomic E-state index is 0.149. The summed E-state index contributed by atoms with van der Waals surface area (Å²) < 4.78 is 2.06. The van der Waals surface area contributed by atoms with Gasteiger partial charge in [0.25, 0.3) is 11.5 Å². The van der Waals surface area contributed by atoms with Gasteiger partial charge in [-0.15, -0.1) is 0 Å². The average Bonchev–Trinajstić information content (AvgIpc) is 2.95. The van der Waals surface area contributed by atoms with E-state index < -0.39 is 0 Å². The van der Waals surface area contributed by atoms with Crippen molar-refractivity contribution < 1.29 is 4.79 Å². The molecule has 3 rings (SSSR count). The molecular weight excluding hydrogens is 416 g/mol. The van der Waals surface area contributed by atoms with Crippen molar-refractivity contribution in [1.82, 2.24) is 14.3 Å². The predicted molar refractivity (Wildman–Crippen MR) is 129 cm³/mol. The second kappa shape index (κ2) is 9.75. The zero-order valence-electron chi connectivity index (χ0n) is 17.9. The van der Waals surface area contributed by atoms with Gasteiger partial charge in [0, 0.05) is 19.3 Å². The highest BCUT2D eigenvalue weighted by Crippen LogP contribution is 2.33. The van der Waals surface area contributed by atoms with Gasteiger partial charge >= 0.3 is 0 Å². The van der Waals surface area contributed by atoms with Crippen LogP contribution in [0.2, 0.25) is 0 Å². The summed E-state index contributed by atoms with van der Waals surface area (Å²) in [6, 6.07) is 3.76. The molecule has 1 saturated heterocycles. The fourth-order valence-corrected chi connectivity index (χ4v) is 4.52. The molecule has 2 aromatic heterocycles. The lowest BCUT2D eigenvalue weighted by atomic mass is 10.2. The first-order chi connectivity index (χ1) is 14.3. The monoisotopic (exact) mass is 444 g/mol. The number of nitrogens with zero attached hydrogens (tertiary/aromatic N) is 3. The second-order valence-corrected chi connectivity index (χ2v) is 9.61. The minimum Gasteiger partial charge on any atom is -0.369 e. The van der Waals surface area contributed by atoms with Crippen LogP contribution in [-0.4, -0.2) is 37.6 Å². The third-order valence-corrected chi connectivity index (χ3v) is 6.15. The van der Waals surface area contributed by atoms with E-state index in [-0.39, 0.29) is 11.5 Å². The van der Waals surface area contributed by atoms with Crippen LogP contribution in [0, 0.1) is 12.8 Å². The molecule has 0 bridgehead atoms. The van der Waals surface area contributed by atoms with E-state index >= 15 is 0 Å². The van der Waals surface area contributed by atoms with Gasteiger partial charge in [-0.05, 0) is 37.0 Å². The first kappa shape index (κ1) is 22.5. The molecule has 1 N–H and O–H groups in total. The summed E-state index contributed by atoms with van der Waals surface area (Å²) in [7, 11) is 0. The fourth-order valence-electron chi connectivity index (χ4n) is 3.26. The molecule has 0 atom stereocenters. The predicted octanol–water partition coefficient (Wildman–Crippen LogP) is 4.46. The van der Waals surface area contributed by atoms with Gasteiger partial charge in [-0.25, -0.2) is 4.98 Å². The lowest BCUT2D eigenvalue weighted by molar-refractivity contribution is -0.122. The van der Waals surface area contributed by atoms with Crippen molar-refractivity contribution >= 4 is 51.7 Å². The Bertz CT molecular complexity index is 1060. The van der Waals surface area contributed by atoms with Crippen molar-refractivity contribution in [2.75, 3.05) is 18.4 Å². The summed E-state index contributed by atoms with van der Waals surface area (Å²) in [6.45, 7) is 9.45. The number of carbonyl (C=O) groups excluding carboxylic acids is 1. The maximum absolute atomic E-state index is 13.3. The minimum atomic E-state index is -0.198. The fraction of sp³-hybridized carbons (Fsp3) is 0.455. The van der Waals surface area contributed by atoms with Crippen molar-refractivity contribution in [3.05, 3.63) is 44.7 Å². The lowest BCUT2D eigenvalue weighted by Gasteiger charge is -2.16. The van der Waals surface area contributed by atoms with Crippen LogP contribution in [0.3, 0.4) is 0 Å². The van der Waals surface area contributed by atoms with E-state index in [0.717, 1.165) is 31.4 Å². The van der Waals surface area contributed by atoms with Gasteiger partial charge < -0.3 is 5.32 Å². The van der Waals surface area contributed by atoms with Crippen molar-refractivity contribution in [3.63, 3.8) is 0 Å². The van der Waals surface area contributed by atoms with Crippen LogP contribution in [0.1, 0.15) is 51.2 Å². The number of hydrogen-bond acceptors (Lipinski definition) is 6. The highest BCUT2D eigenvalue weighted by Gasteiger charge is 2.32. The first-order valence-corrected chi connectivity index (χ1v) is 11.6. The van der Waals surface area contributed by atoms with Crippen molar-refractivity contribution in [3.8, 4) is 0 Å². The number of carbonyl (C=O) groups is 1. The number of amides is 1. The molecule has 0 unspecified atom stereocenters. The van der Waals surface area contributed by atoms with E-state index in [2.05, 4.69) is 17.2 Å². The number of unbranched alkanes of at least 4 members (excludes halogenated alkanes) is 2. The number of thioether (sulfide) groups is 1. The van der Waals surface area contributed by atoms with E-state index in [1.807, 2.05) is 32.9 Å². The van der Waals surface area contributed by atoms with Gasteiger partial charge in [0.15, 0.2) is 0 Å². The molecule has 1 aliphatic heterocycles. The van der Waals surface area contributed by atoms with E-state index in [1.165, 1.54) is 16.2 Å². The van der Waals surface area contributed by atoms with E-state index in [0.29, 0.717) is 38.7 Å². The SMILES string of the molecule is CCCCCNc1nc2ccc(C)cn2c(=O)c1/C=C1/SC(=S)N(CC(C)C)C1=O. The molecule has 160 valence electrons. The number of fused-ring (bicyclic) bond motifs is 1. The van der Waals surface area contributed by atoms with Gasteiger partial charge in [-0.1, -0.05) is 63.7 Å². The van der Waals surface area contributed by atoms with Crippen LogP contribution >= 0.6 is 24.0 Å². The third-order valence-electron chi connectivity index (χ3n) is 4.78. The first-order valence-electron chi connectivity index (χ1n) is 10.3. The van der Waals surface area contributed by atoms with Crippen molar-refractivity contribution in [1.29, 1.82) is 0 Å². The van der Waals surface area contributed by atoms with Crippen LogP contribution < -0.4 is 10.9 Å². The molecule has 0 aliphatic carbocycles. The Kier molecular flexibility index (Phi) is 7.31. The number of rotatable bonds is 8. The Labute approximate surface area is 186 Å². The molecule has 2 aromatic rings. The molecule has 30 heavy (non-hydrogen) atoms. The number of pyridine rings is 1. The Hall–Kier alpha value is -2.19. The number of nitrogens with one attached hydrogen (secondary N) is 1. The molecule has 1 aliphatic rings. The van der Waals surface area contributed by atoms with Gasteiger partial charge in [0.1, 0.15) is 15.8 Å². The Morgan fingerprint density at radius 3 is 2.73 bits per heavy atom. The number of anilines is 1. The number of aromatic nitrogens is 2. The van der Waals surface area contributed by atoms with Crippen LogP contribution in [0.25, 0.3) is 11.7 Å². The standard InChI is InChI=1S/C22H28N4O2S2/c1-5-6-7-10-23-19-16(20(27)25-13-15(4)8-9-18(25)24-19)11-17-21(28)26(12-14(2)3)22(29)30-17/h8-9,11,13-14,23H,5-7,10,12H2,1-4H3/b17-11+. The zero-order valence-corrected chi connectivity index (χ0v) is 19.5. The topological polar surface area (TPSA) is 66.7 Å². The molecule has 1 amide bonds. The van der Waals surface area contributed by atoms with E-state index in [1.54, 1.807) is 17.2 Å². The third kappa shape index (κ3) is 4.92. The summed E-state index contributed by atoms with van der Waals surface area (Å²) >= 11 is 6.64. The number of thiocarbonyl (C=S) groups is 1. The summed E-state index contributed by atoms with van der Waals surface area (Å²) in [5.41, 5.74) is 1.73. The zero-order chi connectivity index (χ0) is 21.8. The molecule has 0 spiro atoms. The summed E-state index contributed by atoms with van der Waals surface area (Å²) in [6.07, 6.45) is 6.61. The molecule has 0 saturated carbocycles. The van der Waals surface area contributed by atoms with Crippen LogP contribution in [0.5, 0.6) is 0 Å². The summed E-state index contributed by atoms with van der Waals surface area (Å²) in [5, 5.41) is 3.30. The van der Waals surface area contributed by atoms with Crippen molar-refractivity contribution in [2.24, 2.45) is 5.92 Å². The van der Waals surface area contributed by atoms with Gasteiger partial charge in [0.05, 0.1) is 10.5 Å². The highest BCUT2D eigenvalue weighted by molar-refractivity contribution is 8.26. The maximum atomic E-state index is 13.3. The maximum Gasteiger partial charge on any atom is 0.267 e. The van der Waals surface area contributed by atoms with E-state index in [4.69, 9.17) is 12.2 Å². The smallest absolute Gasteiger partial charge is 0.267 e. The van der Waals surface area contributed by atoms with Crippen molar-refractivity contribution in [2.45, 2.75) is 47.0 Å². The normalized spacial score (nSPS) is 15.8. The van der Waals surface area contributed by atoms with Gasteiger partial charge in [-0.2, -0.15) is 0 Å². The average molecular weight is 445 g/mol. The van der Waals surface area contributed by atoms with Crippen LogP contribution in [0.4, 0.5) is 5.82 Å². The molecule has 0 radical (unpaired) electrons. The van der Waals surface area contributed by atoms with Gasteiger partial charge in [0.2, 0.25) is 0 Å². The Balaban J connectivity index is 2.05. The van der Waals surface area contributed by atoms with Gasteiger partial charge in [-0.3, -0.25) is 18.9 Å². The Morgan fingerprint density at radius 1 is 1.27 bits per heavy atom. The molecule has 0 aromatic carbocycles. The number of hydrogen-bond donors (Lipinski definition) is 1. The summed E-state index contributed by atoms with van der Waals surface area (Å²) in [5.74, 6) is 0.664. The largest absolute Gasteiger partial charge is 0.369 e. The molecule has 6 nitrogen and oxygen atoms in total. The van der Waals surface area contributed by atoms with Crippen LogP contribution in [0.15, 0.2) is 28.0 Å². The van der Waals surface area contributed by atoms with Crippen LogP contribution in [-0.2, 0) is 4.79 Å². The lowest BCUT2D eigenvalue weighted by Crippen LogP contribution is -2.31. The molecule has 1 fully saturated rings. The molecule has 3 heterocycles. The second-order valence-electron chi connectivity index (χ2n) is 7.93. The van der Waals surface area contributed by atoms with E-state index in [9.17, 15) is 9.59 Å². The highest BCUT2D eigenvalue weighted by atomic mass is 32.2. The molecule has 8 heteroatoms. The molecular formula is C22H28N4O2S2. The summed E-state index contributed by atoms with van der Waals surface area (Å²) in [4.78, 5) is 32.9. The quantitative estimate of drug-likeness (QED) is 0.368.